The van der Waals surface area contributed by atoms with Crippen LogP contribution in [0.4, 0.5) is 0 Å². The number of thiazole rings is 1. The number of aryl methyl sites for hydroxylation is 2. The van der Waals surface area contributed by atoms with E-state index in [0.717, 1.165) is 0 Å². The van der Waals surface area contributed by atoms with Crippen molar-refractivity contribution in [2.24, 2.45) is 0 Å². The molecule has 18 heavy (non-hydrogen) atoms. The van der Waals surface area contributed by atoms with Crippen molar-refractivity contribution in [1.82, 2.24) is 10.3 Å². The van der Waals surface area contributed by atoms with Crippen molar-refractivity contribution in [1.29, 1.82) is 0 Å². The first-order valence-corrected chi connectivity index (χ1v) is 7.93. The second-order valence-corrected chi connectivity index (χ2v) is 6.95. The van der Waals surface area contributed by atoms with Gasteiger partial charge in [-0.2, -0.15) is 0 Å². The first-order chi connectivity index (χ1) is 8.39. The Kier molecular flexibility index (Phi) is 5.80. The Morgan fingerprint density at radius 3 is 2.39 bits per heavy atom. The third-order valence-electron chi connectivity index (χ3n) is 3.39. The molecule has 0 aliphatic heterocycles. The van der Waals surface area contributed by atoms with Crippen LogP contribution in [0, 0.1) is 13.8 Å². The SMILES string of the molecule is CCCCCC(C)(NC(C)C)c1nc(C)c(C)s1. The molecule has 0 fully saturated rings. The molecule has 2 nitrogen and oxygen atoms in total. The van der Waals surface area contributed by atoms with E-state index < -0.39 is 0 Å². The van der Waals surface area contributed by atoms with E-state index in [2.05, 4.69) is 46.9 Å². The van der Waals surface area contributed by atoms with Gasteiger partial charge in [0.15, 0.2) is 0 Å². The maximum atomic E-state index is 4.77. The van der Waals surface area contributed by atoms with E-state index in [-0.39, 0.29) is 5.54 Å². The topological polar surface area (TPSA) is 24.9 Å². The Morgan fingerprint density at radius 1 is 1.28 bits per heavy atom. The van der Waals surface area contributed by atoms with Crippen LogP contribution in [0.1, 0.15) is 69.0 Å². The Balaban J connectivity index is 2.88. The van der Waals surface area contributed by atoms with Crippen molar-refractivity contribution in [3.63, 3.8) is 0 Å². The molecule has 1 heterocycles. The number of rotatable bonds is 7. The lowest BCUT2D eigenvalue weighted by Crippen LogP contribution is -2.43. The van der Waals surface area contributed by atoms with Crippen LogP contribution in [-0.4, -0.2) is 11.0 Å². The summed E-state index contributed by atoms with van der Waals surface area (Å²) in [4.78, 5) is 6.11. The van der Waals surface area contributed by atoms with E-state index in [9.17, 15) is 0 Å². The van der Waals surface area contributed by atoms with Gasteiger partial charge in [-0.15, -0.1) is 11.3 Å². The lowest BCUT2D eigenvalue weighted by atomic mass is 9.94. The number of unbranched alkanes of at least 4 members (excludes halogenated alkanes) is 2. The molecular weight excluding hydrogens is 240 g/mol. The van der Waals surface area contributed by atoms with Crippen LogP contribution in [-0.2, 0) is 5.54 Å². The van der Waals surface area contributed by atoms with Gasteiger partial charge in [-0.25, -0.2) is 4.98 Å². The predicted molar refractivity (Wildman–Crippen MR) is 81.4 cm³/mol. The summed E-state index contributed by atoms with van der Waals surface area (Å²) in [5.41, 5.74) is 1.22. The van der Waals surface area contributed by atoms with Gasteiger partial charge in [-0.05, 0) is 41.0 Å². The Bertz CT molecular complexity index is 351. The average molecular weight is 268 g/mol. The molecule has 0 saturated carbocycles. The smallest absolute Gasteiger partial charge is 0.113 e. The third kappa shape index (κ3) is 4.06. The van der Waals surface area contributed by atoms with E-state index >= 15 is 0 Å². The highest BCUT2D eigenvalue weighted by molar-refractivity contribution is 7.11. The molecule has 1 rings (SSSR count). The minimum Gasteiger partial charge on any atom is -0.303 e. The summed E-state index contributed by atoms with van der Waals surface area (Å²) < 4.78 is 0. The highest BCUT2D eigenvalue weighted by Gasteiger charge is 2.30. The predicted octanol–water partition coefficient (Wildman–Crippen LogP) is 4.55. The first kappa shape index (κ1) is 15.6. The number of hydrogen-bond acceptors (Lipinski definition) is 3. The van der Waals surface area contributed by atoms with E-state index in [1.807, 2.05) is 11.3 Å². The van der Waals surface area contributed by atoms with E-state index in [0.29, 0.717) is 6.04 Å². The van der Waals surface area contributed by atoms with Crippen LogP contribution in [0.15, 0.2) is 0 Å². The van der Waals surface area contributed by atoms with E-state index in [1.165, 1.54) is 41.3 Å². The fraction of sp³-hybridized carbons (Fsp3) is 0.800. The molecule has 0 aliphatic rings. The van der Waals surface area contributed by atoms with Crippen molar-refractivity contribution in [3.8, 4) is 0 Å². The molecular formula is C15H28N2S. The quantitative estimate of drug-likeness (QED) is 0.734. The normalized spacial score (nSPS) is 15.1. The van der Waals surface area contributed by atoms with Crippen LogP contribution in [0.2, 0.25) is 0 Å². The molecule has 104 valence electrons. The molecule has 0 spiro atoms. The molecule has 0 aliphatic carbocycles. The van der Waals surface area contributed by atoms with Gasteiger partial charge in [-0.3, -0.25) is 0 Å². The summed E-state index contributed by atoms with van der Waals surface area (Å²) in [5, 5.41) is 4.97. The van der Waals surface area contributed by atoms with Gasteiger partial charge in [0.05, 0.1) is 11.2 Å². The van der Waals surface area contributed by atoms with Gasteiger partial charge in [-0.1, -0.05) is 26.2 Å². The average Bonchev–Trinajstić information content (AvgIpc) is 2.59. The van der Waals surface area contributed by atoms with Crippen molar-refractivity contribution < 1.29 is 0 Å². The summed E-state index contributed by atoms with van der Waals surface area (Å²) in [7, 11) is 0. The number of hydrogen-bond donors (Lipinski definition) is 1. The molecule has 1 unspecified atom stereocenters. The fourth-order valence-corrected chi connectivity index (χ4v) is 3.37. The Morgan fingerprint density at radius 2 is 1.94 bits per heavy atom. The van der Waals surface area contributed by atoms with Gasteiger partial charge in [0, 0.05) is 10.9 Å². The fourth-order valence-electron chi connectivity index (χ4n) is 2.32. The largest absolute Gasteiger partial charge is 0.303 e. The molecule has 0 bridgehead atoms. The molecule has 1 atom stereocenters. The van der Waals surface area contributed by atoms with Gasteiger partial charge in [0.2, 0.25) is 0 Å². The van der Waals surface area contributed by atoms with Crippen LogP contribution < -0.4 is 5.32 Å². The van der Waals surface area contributed by atoms with Crippen LogP contribution in [0.5, 0.6) is 0 Å². The highest BCUT2D eigenvalue weighted by atomic mass is 32.1. The van der Waals surface area contributed by atoms with Gasteiger partial charge in [0.25, 0.3) is 0 Å². The summed E-state index contributed by atoms with van der Waals surface area (Å²) in [6.07, 6.45) is 5.02. The monoisotopic (exact) mass is 268 g/mol. The highest BCUT2D eigenvalue weighted by Crippen LogP contribution is 2.32. The van der Waals surface area contributed by atoms with Gasteiger partial charge in [0.1, 0.15) is 5.01 Å². The number of nitrogens with zero attached hydrogens (tertiary/aromatic N) is 1. The zero-order valence-corrected chi connectivity index (χ0v) is 13.6. The van der Waals surface area contributed by atoms with Gasteiger partial charge >= 0.3 is 0 Å². The summed E-state index contributed by atoms with van der Waals surface area (Å²) in [6.45, 7) is 13.3. The zero-order chi connectivity index (χ0) is 13.8. The lowest BCUT2D eigenvalue weighted by molar-refractivity contribution is 0.300. The minimum atomic E-state index is 0.0347. The van der Waals surface area contributed by atoms with Crippen LogP contribution >= 0.6 is 11.3 Å². The number of aromatic nitrogens is 1. The molecule has 1 aromatic heterocycles. The Hall–Kier alpha value is -0.410. The molecule has 0 radical (unpaired) electrons. The maximum absolute atomic E-state index is 4.77. The summed E-state index contributed by atoms with van der Waals surface area (Å²) in [5.74, 6) is 0. The van der Waals surface area contributed by atoms with Gasteiger partial charge < -0.3 is 5.32 Å². The molecule has 3 heteroatoms. The van der Waals surface area contributed by atoms with Crippen molar-refractivity contribution in [2.45, 2.75) is 78.8 Å². The molecule has 0 amide bonds. The second kappa shape index (κ2) is 6.67. The Labute approximate surface area is 116 Å². The minimum absolute atomic E-state index is 0.0347. The van der Waals surface area contributed by atoms with Crippen LogP contribution in [0.25, 0.3) is 0 Å². The summed E-state index contributed by atoms with van der Waals surface area (Å²) >= 11 is 1.85. The van der Waals surface area contributed by atoms with Crippen molar-refractivity contribution in [2.75, 3.05) is 0 Å². The molecule has 0 aromatic carbocycles. The number of nitrogens with one attached hydrogen (secondary N) is 1. The standard InChI is InChI=1S/C15H28N2S/c1-7-8-9-10-15(6,17-11(2)3)14-16-12(4)13(5)18-14/h11,17H,7-10H2,1-6H3. The second-order valence-electron chi connectivity index (χ2n) is 5.75. The van der Waals surface area contributed by atoms with Crippen molar-refractivity contribution >= 4 is 11.3 Å². The van der Waals surface area contributed by atoms with E-state index in [4.69, 9.17) is 4.98 Å². The van der Waals surface area contributed by atoms with E-state index in [1.54, 1.807) is 0 Å². The lowest BCUT2D eigenvalue weighted by Gasteiger charge is -2.31. The molecule has 0 saturated heterocycles. The van der Waals surface area contributed by atoms with Crippen molar-refractivity contribution in [3.05, 3.63) is 15.6 Å². The summed E-state index contributed by atoms with van der Waals surface area (Å²) in [6, 6.07) is 0.487. The molecule has 1 aromatic rings. The zero-order valence-electron chi connectivity index (χ0n) is 12.8. The third-order valence-corrected chi connectivity index (χ3v) is 4.72. The first-order valence-electron chi connectivity index (χ1n) is 7.11. The molecule has 1 N–H and O–H groups in total. The van der Waals surface area contributed by atoms with Crippen LogP contribution in [0.3, 0.4) is 0 Å². The maximum Gasteiger partial charge on any atom is 0.113 e.